The highest BCUT2D eigenvalue weighted by molar-refractivity contribution is 6.34. The highest BCUT2D eigenvalue weighted by Gasteiger charge is 2.20. The molecular weight excluding hydrogens is 295 g/mol. The third kappa shape index (κ3) is 2.72. The topological polar surface area (TPSA) is 35.5 Å². The summed E-state index contributed by atoms with van der Waals surface area (Å²) in [6.45, 7) is 1.88. The molecule has 2 aromatic carbocycles. The molecule has 0 saturated heterocycles. The van der Waals surface area contributed by atoms with Gasteiger partial charge < -0.3 is 9.47 Å². The Kier molecular flexibility index (Phi) is 4.48. The molecule has 5 heteroatoms. The number of hydrogen-bond acceptors (Lipinski definition) is 3. The van der Waals surface area contributed by atoms with Gasteiger partial charge in [0.2, 0.25) is 0 Å². The van der Waals surface area contributed by atoms with Crippen LogP contribution in [0.25, 0.3) is 11.1 Å². The molecule has 0 spiro atoms. The predicted octanol–water partition coefficient (Wildman–Crippen LogP) is 4.25. The van der Waals surface area contributed by atoms with E-state index in [0.717, 1.165) is 5.56 Å². The van der Waals surface area contributed by atoms with E-state index in [9.17, 15) is 9.18 Å². The van der Waals surface area contributed by atoms with Crippen molar-refractivity contribution in [2.75, 3.05) is 14.2 Å². The van der Waals surface area contributed by atoms with Gasteiger partial charge in [0.25, 0.3) is 0 Å². The molecule has 0 radical (unpaired) electrons. The molecule has 3 nitrogen and oxygen atoms in total. The average Bonchev–Trinajstić information content (AvgIpc) is 2.49. The summed E-state index contributed by atoms with van der Waals surface area (Å²) in [6, 6.07) is 8.42. The largest absolute Gasteiger partial charge is 0.496 e. The fourth-order valence-corrected chi connectivity index (χ4v) is 2.43. The Bertz CT molecular complexity index is 698. The molecule has 0 amide bonds. The number of hydrogen-bond donors (Lipinski definition) is 0. The van der Waals surface area contributed by atoms with Crippen molar-refractivity contribution in [2.45, 2.75) is 6.92 Å². The van der Waals surface area contributed by atoms with Crippen molar-refractivity contribution in [3.8, 4) is 16.9 Å². The van der Waals surface area contributed by atoms with Crippen LogP contribution in [0.15, 0.2) is 30.3 Å². The van der Waals surface area contributed by atoms with Crippen LogP contribution in [0.1, 0.15) is 15.9 Å². The van der Waals surface area contributed by atoms with Crippen LogP contribution in [-0.2, 0) is 4.74 Å². The van der Waals surface area contributed by atoms with Crippen LogP contribution in [0.2, 0.25) is 5.02 Å². The number of aryl methyl sites for hydroxylation is 1. The minimum Gasteiger partial charge on any atom is -0.496 e. The first-order chi connectivity index (χ1) is 10.0. The third-order valence-corrected chi connectivity index (χ3v) is 3.58. The van der Waals surface area contributed by atoms with Crippen LogP contribution in [0.4, 0.5) is 4.39 Å². The first-order valence-electron chi connectivity index (χ1n) is 6.21. The zero-order chi connectivity index (χ0) is 15.6. The molecule has 0 bridgehead atoms. The molecule has 2 rings (SSSR count). The predicted molar refractivity (Wildman–Crippen MR) is 79.5 cm³/mol. The third-order valence-electron chi connectivity index (χ3n) is 3.21. The van der Waals surface area contributed by atoms with Crippen molar-refractivity contribution in [1.82, 2.24) is 0 Å². The monoisotopic (exact) mass is 308 g/mol. The van der Waals surface area contributed by atoms with Crippen molar-refractivity contribution in [3.05, 3.63) is 52.3 Å². The zero-order valence-electron chi connectivity index (χ0n) is 11.9. The van der Waals surface area contributed by atoms with Crippen LogP contribution in [0, 0.1) is 12.7 Å². The van der Waals surface area contributed by atoms with Crippen LogP contribution >= 0.6 is 11.6 Å². The smallest absolute Gasteiger partial charge is 0.340 e. The lowest BCUT2D eigenvalue weighted by atomic mass is 9.98. The van der Waals surface area contributed by atoms with Crippen molar-refractivity contribution < 1.29 is 18.7 Å². The van der Waals surface area contributed by atoms with Crippen molar-refractivity contribution >= 4 is 17.6 Å². The minimum absolute atomic E-state index is 0.134. The summed E-state index contributed by atoms with van der Waals surface area (Å²) in [4.78, 5) is 11.5. The lowest BCUT2D eigenvalue weighted by Crippen LogP contribution is -2.05. The van der Waals surface area contributed by atoms with Gasteiger partial charge in [-0.1, -0.05) is 29.8 Å². The van der Waals surface area contributed by atoms with Gasteiger partial charge >= 0.3 is 5.97 Å². The standard InChI is InChI=1S/C16H14ClFO3/c1-9-5-4-6-12(20-2)13(9)10-7-8-11(16(19)21-3)15(18)14(10)17/h4-8H,1-3H3. The number of methoxy groups -OCH3 is 2. The molecular formula is C16H14ClFO3. The molecule has 0 unspecified atom stereocenters. The van der Waals surface area contributed by atoms with Crippen LogP contribution < -0.4 is 4.74 Å². The Morgan fingerprint density at radius 3 is 2.52 bits per heavy atom. The van der Waals surface area contributed by atoms with Gasteiger partial charge in [0, 0.05) is 11.1 Å². The van der Waals surface area contributed by atoms with Crippen molar-refractivity contribution in [2.24, 2.45) is 0 Å². The number of carbonyl (C=O) groups excluding carboxylic acids is 1. The molecule has 0 saturated carbocycles. The van der Waals surface area contributed by atoms with E-state index >= 15 is 0 Å². The van der Waals surface area contributed by atoms with Crippen LogP contribution in [0.5, 0.6) is 5.75 Å². The maximum absolute atomic E-state index is 14.3. The highest BCUT2D eigenvalue weighted by atomic mass is 35.5. The Morgan fingerprint density at radius 1 is 1.19 bits per heavy atom. The van der Waals surface area contributed by atoms with E-state index in [-0.39, 0.29) is 10.6 Å². The molecule has 0 N–H and O–H groups in total. The number of halogens is 2. The van der Waals surface area contributed by atoms with Crippen molar-refractivity contribution in [1.29, 1.82) is 0 Å². The molecule has 0 aliphatic rings. The first-order valence-corrected chi connectivity index (χ1v) is 6.59. The van der Waals surface area contributed by atoms with Gasteiger partial charge in [-0.2, -0.15) is 0 Å². The second-order valence-corrected chi connectivity index (χ2v) is 4.81. The summed E-state index contributed by atoms with van der Waals surface area (Å²) in [5.74, 6) is -0.980. The second kappa shape index (κ2) is 6.14. The van der Waals surface area contributed by atoms with E-state index in [1.54, 1.807) is 12.1 Å². The van der Waals surface area contributed by atoms with Gasteiger partial charge in [-0.3, -0.25) is 0 Å². The van der Waals surface area contributed by atoms with Gasteiger partial charge in [0.1, 0.15) is 5.75 Å². The van der Waals surface area contributed by atoms with E-state index in [4.69, 9.17) is 16.3 Å². The van der Waals surface area contributed by atoms with E-state index in [0.29, 0.717) is 16.9 Å². The van der Waals surface area contributed by atoms with Crippen LogP contribution in [-0.4, -0.2) is 20.2 Å². The fraction of sp³-hybridized carbons (Fsp3) is 0.188. The lowest BCUT2D eigenvalue weighted by Gasteiger charge is -2.14. The normalized spacial score (nSPS) is 10.3. The van der Waals surface area contributed by atoms with E-state index in [1.165, 1.54) is 20.3 Å². The molecule has 0 fully saturated rings. The molecule has 2 aromatic rings. The van der Waals surface area contributed by atoms with Gasteiger partial charge in [-0.25, -0.2) is 9.18 Å². The van der Waals surface area contributed by atoms with Gasteiger partial charge in [0.15, 0.2) is 5.82 Å². The maximum Gasteiger partial charge on any atom is 0.340 e. The lowest BCUT2D eigenvalue weighted by molar-refractivity contribution is 0.0595. The zero-order valence-corrected chi connectivity index (χ0v) is 12.6. The van der Waals surface area contributed by atoms with Gasteiger partial charge in [0.05, 0.1) is 24.8 Å². The summed E-state index contributed by atoms with van der Waals surface area (Å²) in [5, 5.41) is -0.134. The molecule has 0 heterocycles. The maximum atomic E-state index is 14.3. The van der Waals surface area contributed by atoms with Crippen molar-refractivity contribution in [3.63, 3.8) is 0 Å². The molecule has 0 aliphatic carbocycles. The second-order valence-electron chi connectivity index (χ2n) is 4.43. The molecule has 0 atom stereocenters. The number of carbonyl (C=O) groups is 1. The first kappa shape index (κ1) is 15.3. The fourth-order valence-electron chi connectivity index (χ4n) is 2.17. The van der Waals surface area contributed by atoms with Gasteiger partial charge in [-0.05, 0) is 24.6 Å². The number of benzene rings is 2. The Morgan fingerprint density at radius 2 is 1.90 bits per heavy atom. The van der Waals surface area contributed by atoms with E-state index in [1.807, 2.05) is 19.1 Å². The average molecular weight is 309 g/mol. The summed E-state index contributed by atoms with van der Waals surface area (Å²) in [6.07, 6.45) is 0. The van der Waals surface area contributed by atoms with Gasteiger partial charge in [-0.15, -0.1) is 0 Å². The Labute approximate surface area is 127 Å². The summed E-state index contributed by atoms with van der Waals surface area (Å²) in [5.41, 5.74) is 1.86. The number of ether oxygens (including phenoxy) is 2. The minimum atomic E-state index is -0.800. The quantitative estimate of drug-likeness (QED) is 0.795. The number of rotatable bonds is 3. The van der Waals surface area contributed by atoms with Crippen LogP contribution in [0.3, 0.4) is 0 Å². The molecule has 110 valence electrons. The molecule has 0 aliphatic heterocycles. The Hall–Kier alpha value is -2.07. The summed E-state index contributed by atoms with van der Waals surface area (Å²) >= 11 is 6.10. The van der Waals surface area contributed by atoms with E-state index in [2.05, 4.69) is 4.74 Å². The van der Waals surface area contributed by atoms with E-state index < -0.39 is 11.8 Å². The number of esters is 1. The SMILES string of the molecule is COC(=O)c1ccc(-c2c(C)cccc2OC)c(Cl)c1F. The molecule has 0 aromatic heterocycles. The summed E-state index contributed by atoms with van der Waals surface area (Å²) in [7, 11) is 2.72. The highest BCUT2D eigenvalue weighted by Crippen LogP contribution is 2.39. The Balaban J connectivity index is 2.67. The summed E-state index contributed by atoms with van der Waals surface area (Å²) < 4.78 is 24.1. The molecule has 21 heavy (non-hydrogen) atoms.